The predicted molar refractivity (Wildman–Crippen MR) is 146 cm³/mol. The number of allylic oxidation sites excluding steroid dienone is 6. The van der Waals surface area contributed by atoms with Crippen LogP contribution in [0.2, 0.25) is 0 Å². The molecule has 2 aromatic carbocycles. The molecule has 0 atom stereocenters. The fraction of sp³-hybridized carbons (Fsp3) is 0.387. The Balaban J connectivity index is 1.28. The average molecular weight is 500 g/mol. The summed E-state index contributed by atoms with van der Waals surface area (Å²) in [6.07, 6.45) is 10.9. The van der Waals surface area contributed by atoms with Gasteiger partial charge in [-0.2, -0.15) is 4.58 Å². The average Bonchev–Trinajstić information content (AvgIpc) is 3.61. The highest BCUT2D eigenvalue weighted by atomic mass is 16.7. The van der Waals surface area contributed by atoms with Crippen molar-refractivity contribution in [3.05, 3.63) is 71.5 Å². The number of ether oxygens (including phenoxy) is 4. The minimum atomic E-state index is -0.131. The van der Waals surface area contributed by atoms with Gasteiger partial charge in [-0.25, -0.2) is 0 Å². The van der Waals surface area contributed by atoms with E-state index in [0.717, 1.165) is 36.1 Å². The van der Waals surface area contributed by atoms with Gasteiger partial charge in [0.2, 0.25) is 19.3 Å². The molecular weight excluding hydrogens is 464 g/mol. The van der Waals surface area contributed by atoms with Crippen molar-refractivity contribution >= 4 is 17.1 Å². The van der Waals surface area contributed by atoms with Crippen molar-refractivity contribution in [3.63, 3.8) is 0 Å². The highest BCUT2D eigenvalue weighted by Gasteiger charge is 2.45. The van der Waals surface area contributed by atoms with Gasteiger partial charge in [-0.3, -0.25) is 0 Å². The van der Waals surface area contributed by atoms with Crippen LogP contribution in [0.4, 0.5) is 11.4 Å². The largest absolute Gasteiger partial charge is 0.454 e. The number of hydrogen-bond donors (Lipinski definition) is 0. The SMILES string of the molecule is CCN1\C(=C/C=C/C=C/C2=[N+](CC)c3cc4c(cc3C2(C)C)OCO4)C(C)(C)c2cc3c(cc21)OCO3. The molecule has 4 aliphatic heterocycles. The summed E-state index contributed by atoms with van der Waals surface area (Å²) >= 11 is 0. The molecule has 0 aliphatic carbocycles. The minimum absolute atomic E-state index is 0.131. The standard InChI is InChI=1S/C31H35N2O4/c1-7-32-22-16-26-24(34-18-36-26)14-20(22)30(3,4)28(32)12-10-9-11-13-29-31(5,6)21-15-25-27(37-19-35-25)17-23(21)33(29)8-2/h9-17H,7-8,18-19H2,1-6H3/q+1. The number of hydrogen-bond acceptors (Lipinski definition) is 5. The fourth-order valence-electron chi connectivity index (χ4n) is 6.16. The Labute approximate surface area is 219 Å². The van der Waals surface area contributed by atoms with Gasteiger partial charge in [0, 0.05) is 41.1 Å². The molecule has 2 aromatic rings. The maximum Gasteiger partial charge on any atom is 0.231 e. The highest BCUT2D eigenvalue weighted by molar-refractivity contribution is 6.03. The first kappa shape index (κ1) is 23.7. The number of rotatable bonds is 5. The molecule has 6 rings (SSSR count). The number of fused-ring (bicyclic) bond motifs is 4. The Hall–Kier alpha value is -3.67. The first-order valence-corrected chi connectivity index (χ1v) is 13.1. The number of benzene rings is 2. The van der Waals surface area contributed by atoms with Crippen molar-refractivity contribution in [1.29, 1.82) is 0 Å². The molecule has 37 heavy (non-hydrogen) atoms. The van der Waals surface area contributed by atoms with Gasteiger partial charge in [0.25, 0.3) is 0 Å². The zero-order chi connectivity index (χ0) is 25.9. The van der Waals surface area contributed by atoms with Gasteiger partial charge in [0.1, 0.15) is 6.54 Å². The van der Waals surface area contributed by atoms with E-state index in [0.29, 0.717) is 13.6 Å². The van der Waals surface area contributed by atoms with Gasteiger partial charge in [-0.05, 0) is 51.5 Å². The van der Waals surface area contributed by atoms with Crippen LogP contribution in [0.5, 0.6) is 23.0 Å². The van der Waals surface area contributed by atoms with E-state index in [1.165, 1.54) is 33.9 Å². The summed E-state index contributed by atoms with van der Waals surface area (Å²) in [4.78, 5) is 2.37. The maximum atomic E-state index is 5.66. The summed E-state index contributed by atoms with van der Waals surface area (Å²) in [5, 5.41) is 0. The lowest BCUT2D eigenvalue weighted by Gasteiger charge is -2.25. The second kappa shape index (κ2) is 8.44. The van der Waals surface area contributed by atoms with Gasteiger partial charge in [-0.15, -0.1) is 0 Å². The molecule has 0 radical (unpaired) electrons. The Morgan fingerprint density at radius 1 is 0.784 bits per heavy atom. The molecule has 6 nitrogen and oxygen atoms in total. The summed E-state index contributed by atoms with van der Waals surface area (Å²) in [5.74, 6) is 3.33. The Bertz CT molecular complexity index is 1410. The second-order valence-corrected chi connectivity index (χ2v) is 10.9. The summed E-state index contributed by atoms with van der Waals surface area (Å²) in [6.45, 7) is 15.8. The number of anilines is 1. The van der Waals surface area contributed by atoms with Crippen molar-refractivity contribution < 1.29 is 23.5 Å². The molecule has 0 aromatic heterocycles. The Morgan fingerprint density at radius 2 is 1.41 bits per heavy atom. The predicted octanol–water partition coefficient (Wildman–Crippen LogP) is 6.35. The van der Waals surface area contributed by atoms with Crippen molar-refractivity contribution in [3.8, 4) is 23.0 Å². The van der Waals surface area contributed by atoms with E-state index in [1.54, 1.807) is 0 Å². The van der Waals surface area contributed by atoms with Crippen LogP contribution < -0.4 is 23.8 Å². The van der Waals surface area contributed by atoms with Crippen molar-refractivity contribution in [2.24, 2.45) is 0 Å². The summed E-state index contributed by atoms with van der Waals surface area (Å²) in [5.41, 5.74) is 7.22. The van der Waals surface area contributed by atoms with Crippen molar-refractivity contribution in [1.82, 2.24) is 0 Å². The molecule has 0 bridgehead atoms. The lowest BCUT2D eigenvalue weighted by Crippen LogP contribution is -2.27. The van der Waals surface area contributed by atoms with Crippen molar-refractivity contribution in [2.75, 3.05) is 31.6 Å². The molecule has 4 heterocycles. The summed E-state index contributed by atoms with van der Waals surface area (Å²) in [6, 6.07) is 8.53. The van der Waals surface area contributed by atoms with Gasteiger partial charge < -0.3 is 23.8 Å². The van der Waals surface area contributed by atoms with Gasteiger partial charge in [0.15, 0.2) is 28.7 Å². The second-order valence-electron chi connectivity index (χ2n) is 10.9. The minimum Gasteiger partial charge on any atom is -0.454 e. The summed E-state index contributed by atoms with van der Waals surface area (Å²) in [7, 11) is 0. The zero-order valence-corrected chi connectivity index (χ0v) is 22.6. The fourth-order valence-corrected chi connectivity index (χ4v) is 6.16. The molecule has 6 heteroatoms. The van der Waals surface area contributed by atoms with E-state index < -0.39 is 0 Å². The molecule has 192 valence electrons. The lowest BCUT2D eigenvalue weighted by atomic mass is 9.81. The van der Waals surface area contributed by atoms with Crippen LogP contribution in [0.25, 0.3) is 0 Å². The number of nitrogens with zero attached hydrogens (tertiary/aromatic N) is 2. The van der Waals surface area contributed by atoms with E-state index >= 15 is 0 Å². The van der Waals surface area contributed by atoms with Crippen LogP contribution >= 0.6 is 0 Å². The van der Waals surface area contributed by atoms with E-state index in [4.69, 9.17) is 18.9 Å². The molecule has 0 spiro atoms. The van der Waals surface area contributed by atoms with E-state index in [1.807, 2.05) is 0 Å². The molecule has 0 amide bonds. The third kappa shape index (κ3) is 3.49. The molecule has 0 N–H and O–H groups in total. The normalized spacial score (nSPS) is 21.1. The van der Waals surface area contributed by atoms with Crippen LogP contribution in [-0.4, -0.2) is 37.0 Å². The molecule has 0 saturated heterocycles. The first-order valence-electron chi connectivity index (χ1n) is 13.1. The maximum absolute atomic E-state index is 5.66. The summed E-state index contributed by atoms with van der Waals surface area (Å²) < 4.78 is 25.0. The topological polar surface area (TPSA) is 43.2 Å². The Morgan fingerprint density at radius 3 is 2.05 bits per heavy atom. The first-order chi connectivity index (χ1) is 17.8. The molecule has 0 saturated carbocycles. The third-order valence-corrected chi connectivity index (χ3v) is 8.14. The smallest absolute Gasteiger partial charge is 0.231 e. The lowest BCUT2D eigenvalue weighted by molar-refractivity contribution is -0.433. The van der Waals surface area contributed by atoms with Crippen LogP contribution in [-0.2, 0) is 10.8 Å². The third-order valence-electron chi connectivity index (χ3n) is 8.14. The van der Waals surface area contributed by atoms with Gasteiger partial charge >= 0.3 is 0 Å². The van der Waals surface area contributed by atoms with E-state index in [-0.39, 0.29) is 10.8 Å². The van der Waals surface area contributed by atoms with Crippen molar-refractivity contribution in [2.45, 2.75) is 52.4 Å². The van der Waals surface area contributed by atoms with Crippen LogP contribution in [0, 0.1) is 0 Å². The quantitative estimate of drug-likeness (QED) is 0.354. The van der Waals surface area contributed by atoms with Crippen LogP contribution in [0.3, 0.4) is 0 Å². The zero-order valence-electron chi connectivity index (χ0n) is 22.6. The molecule has 0 unspecified atom stereocenters. The van der Waals surface area contributed by atoms with Gasteiger partial charge in [-0.1, -0.05) is 32.1 Å². The number of likely N-dealkylation sites (N-methyl/N-ethyl adjacent to an activating group) is 1. The monoisotopic (exact) mass is 499 g/mol. The molecule has 4 aliphatic rings. The Kier molecular flexibility index (Phi) is 5.41. The van der Waals surface area contributed by atoms with Gasteiger partial charge in [0.05, 0.1) is 11.5 Å². The molecule has 0 fully saturated rings. The molecular formula is C31H35N2O4+. The highest BCUT2D eigenvalue weighted by Crippen LogP contribution is 2.52. The van der Waals surface area contributed by atoms with E-state index in [2.05, 4.69) is 106 Å². The van der Waals surface area contributed by atoms with E-state index in [9.17, 15) is 0 Å². The van der Waals surface area contributed by atoms with Crippen LogP contribution in [0.1, 0.15) is 52.7 Å². The van der Waals surface area contributed by atoms with Crippen LogP contribution in [0.15, 0.2) is 60.3 Å².